The molecule has 0 saturated heterocycles. The van der Waals surface area contributed by atoms with Crippen molar-refractivity contribution in [3.8, 4) is 11.4 Å². The van der Waals surface area contributed by atoms with Crippen LogP contribution in [-0.4, -0.2) is 26.5 Å². The van der Waals surface area contributed by atoms with Gasteiger partial charge in [0.1, 0.15) is 0 Å². The number of hydrogen-bond acceptors (Lipinski definition) is 5. The van der Waals surface area contributed by atoms with Crippen molar-refractivity contribution in [3.63, 3.8) is 0 Å². The first-order valence-electron chi connectivity index (χ1n) is 7.49. The number of halogens is 5. The lowest BCUT2D eigenvalue weighted by molar-refractivity contribution is -0.113. The third-order valence-electron chi connectivity index (χ3n) is 3.44. The van der Waals surface area contributed by atoms with Crippen molar-refractivity contribution in [2.45, 2.75) is 5.16 Å². The summed E-state index contributed by atoms with van der Waals surface area (Å²) in [6.07, 6.45) is 0. The number of nitrogen functional groups attached to an aromatic ring is 1. The highest BCUT2D eigenvalue weighted by Crippen LogP contribution is 2.34. The summed E-state index contributed by atoms with van der Waals surface area (Å²) in [5, 5.41) is 12.7. The van der Waals surface area contributed by atoms with Crippen LogP contribution >= 0.6 is 69.8 Å². The van der Waals surface area contributed by atoms with E-state index in [1.807, 2.05) is 0 Å². The van der Waals surface area contributed by atoms with Gasteiger partial charge in [-0.3, -0.25) is 4.79 Å². The molecule has 0 aliphatic heterocycles. The predicted octanol–water partition coefficient (Wildman–Crippen LogP) is 5.66. The molecule has 3 rings (SSSR count). The number of nitrogens with two attached hydrogens (primary N) is 1. The quantitative estimate of drug-likeness (QED) is 0.351. The molecule has 0 atom stereocenters. The van der Waals surface area contributed by atoms with Crippen molar-refractivity contribution in [2.24, 2.45) is 0 Å². The lowest BCUT2D eigenvalue weighted by Crippen LogP contribution is -2.17. The fourth-order valence-electron chi connectivity index (χ4n) is 2.20. The molecule has 3 aromatic rings. The third-order valence-corrected chi connectivity index (χ3v) is 5.75. The Labute approximate surface area is 189 Å². The molecule has 0 bridgehead atoms. The summed E-state index contributed by atoms with van der Waals surface area (Å²) in [7, 11) is 0. The van der Waals surface area contributed by atoms with Crippen molar-refractivity contribution in [2.75, 3.05) is 16.9 Å². The van der Waals surface area contributed by atoms with E-state index < -0.39 is 0 Å². The van der Waals surface area contributed by atoms with E-state index >= 15 is 0 Å². The fraction of sp³-hybridized carbons (Fsp3) is 0.0625. The van der Waals surface area contributed by atoms with Crippen LogP contribution in [0.3, 0.4) is 0 Å². The van der Waals surface area contributed by atoms with Crippen LogP contribution < -0.4 is 11.2 Å². The monoisotopic (exact) mass is 495 g/mol. The first-order chi connectivity index (χ1) is 13.3. The molecule has 0 radical (unpaired) electrons. The molecule has 0 spiro atoms. The first-order valence-corrected chi connectivity index (χ1v) is 10.4. The summed E-state index contributed by atoms with van der Waals surface area (Å²) < 4.78 is 1.25. The largest absolute Gasteiger partial charge is 0.335 e. The summed E-state index contributed by atoms with van der Waals surface area (Å²) in [4.78, 5) is 12.2. The van der Waals surface area contributed by atoms with E-state index in [2.05, 4.69) is 15.5 Å². The number of rotatable bonds is 5. The van der Waals surface area contributed by atoms with Gasteiger partial charge in [0.2, 0.25) is 11.1 Å². The van der Waals surface area contributed by atoms with Crippen molar-refractivity contribution < 1.29 is 4.79 Å². The van der Waals surface area contributed by atoms with E-state index in [1.54, 1.807) is 18.2 Å². The van der Waals surface area contributed by atoms with Gasteiger partial charge in [0, 0.05) is 15.6 Å². The van der Waals surface area contributed by atoms with E-state index in [1.165, 1.54) is 16.8 Å². The molecule has 28 heavy (non-hydrogen) atoms. The van der Waals surface area contributed by atoms with Gasteiger partial charge in [-0.25, -0.2) is 4.68 Å². The number of amides is 1. The van der Waals surface area contributed by atoms with Crippen LogP contribution in [0.25, 0.3) is 11.4 Å². The van der Waals surface area contributed by atoms with Crippen molar-refractivity contribution in [1.29, 1.82) is 0 Å². The highest BCUT2D eigenvalue weighted by Gasteiger charge is 2.17. The average molecular weight is 498 g/mol. The smallest absolute Gasteiger partial charge is 0.234 e. The molecule has 3 N–H and O–H groups in total. The molecule has 1 amide bonds. The molecule has 0 saturated carbocycles. The molecule has 0 aliphatic carbocycles. The first kappa shape index (κ1) is 21.4. The van der Waals surface area contributed by atoms with Gasteiger partial charge in [0.05, 0.1) is 26.5 Å². The molecule has 0 fully saturated rings. The van der Waals surface area contributed by atoms with Gasteiger partial charge < -0.3 is 11.2 Å². The van der Waals surface area contributed by atoms with Gasteiger partial charge in [-0.15, -0.1) is 10.2 Å². The Bertz CT molecular complexity index is 1030. The second-order valence-corrected chi connectivity index (χ2v) is 8.42. The van der Waals surface area contributed by atoms with Gasteiger partial charge in [0.15, 0.2) is 5.82 Å². The molecule has 0 aliphatic rings. The Balaban J connectivity index is 1.70. The van der Waals surface area contributed by atoms with E-state index in [0.717, 1.165) is 11.8 Å². The highest BCUT2D eigenvalue weighted by molar-refractivity contribution is 7.99. The molecule has 12 heteroatoms. The zero-order valence-corrected chi connectivity index (χ0v) is 18.3. The SMILES string of the molecule is Nn1c(SCC(=O)Nc2c(Cl)cc(Cl)cc2Cl)nnc1-c1ccc(Cl)cc1Cl. The Hall–Kier alpha value is -1.35. The summed E-state index contributed by atoms with van der Waals surface area (Å²) in [5.41, 5.74) is 0.846. The Morgan fingerprint density at radius 1 is 1.00 bits per heavy atom. The molecule has 0 unspecified atom stereocenters. The number of nitrogens with one attached hydrogen (secondary N) is 1. The lowest BCUT2D eigenvalue weighted by atomic mass is 10.2. The highest BCUT2D eigenvalue weighted by atomic mass is 35.5. The number of hydrogen-bond donors (Lipinski definition) is 2. The molecule has 6 nitrogen and oxygen atoms in total. The number of nitrogens with zero attached hydrogens (tertiary/aromatic N) is 3. The van der Waals surface area contributed by atoms with Crippen molar-refractivity contribution in [1.82, 2.24) is 14.9 Å². The van der Waals surface area contributed by atoms with Crippen LogP contribution in [0.5, 0.6) is 0 Å². The van der Waals surface area contributed by atoms with Gasteiger partial charge >= 0.3 is 0 Å². The normalized spacial score (nSPS) is 10.9. The van der Waals surface area contributed by atoms with Crippen LogP contribution in [0.1, 0.15) is 0 Å². The summed E-state index contributed by atoms with van der Waals surface area (Å²) in [5.74, 6) is 6.02. The third kappa shape index (κ3) is 4.79. The summed E-state index contributed by atoms with van der Waals surface area (Å²) in [6.45, 7) is 0. The second-order valence-electron chi connectivity index (χ2n) is 5.38. The number of aromatic nitrogens is 3. The molecular weight excluding hydrogens is 488 g/mol. The number of carbonyl (C=O) groups is 1. The molecule has 1 heterocycles. The molecule has 2 aromatic carbocycles. The van der Waals surface area contributed by atoms with Crippen LogP contribution in [0.15, 0.2) is 35.5 Å². The van der Waals surface area contributed by atoms with Gasteiger partial charge in [0.25, 0.3) is 0 Å². The van der Waals surface area contributed by atoms with E-state index in [4.69, 9.17) is 63.8 Å². The minimum absolute atomic E-state index is 0.00102. The van der Waals surface area contributed by atoms with Crippen molar-refractivity contribution in [3.05, 3.63) is 55.4 Å². The fourth-order valence-corrected chi connectivity index (χ4v) is 4.26. The van der Waals surface area contributed by atoms with Crippen molar-refractivity contribution >= 4 is 81.4 Å². The standard InChI is InChI=1S/C16H10Cl5N5OS/c17-7-1-2-9(10(19)3-7)15-24-25-16(26(15)22)28-6-13(27)23-14-11(20)4-8(18)5-12(14)21/h1-5H,6,22H2,(H,23,27). The summed E-state index contributed by atoms with van der Waals surface area (Å²) in [6, 6.07) is 7.89. The lowest BCUT2D eigenvalue weighted by Gasteiger charge is -2.09. The Kier molecular flexibility index (Phi) is 6.85. The maximum Gasteiger partial charge on any atom is 0.234 e. The maximum atomic E-state index is 12.2. The minimum atomic E-state index is -0.356. The zero-order chi connectivity index (χ0) is 20.4. The van der Waals surface area contributed by atoms with Crippen LogP contribution in [-0.2, 0) is 4.79 Å². The average Bonchev–Trinajstić information content (AvgIpc) is 2.97. The molecule has 146 valence electrons. The maximum absolute atomic E-state index is 12.2. The van der Waals surface area contributed by atoms with E-state index in [9.17, 15) is 4.79 Å². The van der Waals surface area contributed by atoms with Gasteiger partial charge in [-0.1, -0.05) is 69.8 Å². The molecule has 1 aromatic heterocycles. The van der Waals surface area contributed by atoms with Gasteiger partial charge in [-0.05, 0) is 30.3 Å². The molecular formula is C16H10Cl5N5OS. The van der Waals surface area contributed by atoms with Gasteiger partial charge in [-0.2, -0.15) is 0 Å². The summed E-state index contributed by atoms with van der Waals surface area (Å²) >= 11 is 31.1. The van der Waals surface area contributed by atoms with Crippen LogP contribution in [0, 0.1) is 0 Å². The van der Waals surface area contributed by atoms with E-state index in [0.29, 0.717) is 31.6 Å². The number of thioether (sulfide) groups is 1. The van der Waals surface area contributed by atoms with Crippen LogP contribution in [0.2, 0.25) is 25.1 Å². The second kappa shape index (κ2) is 8.98. The Morgan fingerprint density at radius 3 is 2.29 bits per heavy atom. The minimum Gasteiger partial charge on any atom is -0.335 e. The Morgan fingerprint density at radius 2 is 1.64 bits per heavy atom. The number of anilines is 1. The topological polar surface area (TPSA) is 85.8 Å². The number of benzene rings is 2. The number of carbonyl (C=O) groups excluding carboxylic acids is 1. The van der Waals surface area contributed by atoms with Crippen LogP contribution in [0.4, 0.5) is 5.69 Å². The van der Waals surface area contributed by atoms with E-state index in [-0.39, 0.29) is 27.4 Å². The zero-order valence-electron chi connectivity index (χ0n) is 13.7. The predicted molar refractivity (Wildman–Crippen MR) is 116 cm³/mol.